The molecule has 1 saturated heterocycles. The number of imide groups is 1. The first-order chi connectivity index (χ1) is 22.7. The molecule has 48 heavy (non-hydrogen) atoms. The number of benzene rings is 2. The summed E-state index contributed by atoms with van der Waals surface area (Å²) in [5, 5.41) is 15.1. The minimum Gasteiger partial charge on any atom is -0.489 e. The van der Waals surface area contributed by atoms with Gasteiger partial charge < -0.3 is 19.9 Å². The predicted octanol–water partition coefficient (Wildman–Crippen LogP) is 7.18. The van der Waals surface area contributed by atoms with Gasteiger partial charge in [-0.05, 0) is 82.4 Å². The van der Waals surface area contributed by atoms with Crippen molar-refractivity contribution >= 4 is 52.7 Å². The number of halogens is 4. The number of hydrazone groups is 1. The average molecular weight is 688 g/mol. The lowest BCUT2D eigenvalue weighted by Crippen LogP contribution is -2.29. The van der Waals surface area contributed by atoms with Crippen LogP contribution in [0, 0.1) is 17.5 Å². The van der Waals surface area contributed by atoms with Crippen LogP contribution in [0.25, 0.3) is 0 Å². The van der Waals surface area contributed by atoms with Crippen molar-refractivity contribution in [3.05, 3.63) is 93.7 Å². The van der Waals surface area contributed by atoms with Crippen molar-refractivity contribution in [2.24, 2.45) is 5.10 Å². The Morgan fingerprint density at radius 3 is 2.33 bits per heavy atom. The van der Waals surface area contributed by atoms with Gasteiger partial charge >= 0.3 is 24.0 Å². The number of ether oxygens (including phenoxy) is 2. The third-order valence-corrected chi connectivity index (χ3v) is 7.18. The van der Waals surface area contributed by atoms with Crippen LogP contribution < -0.4 is 20.4 Å². The molecule has 2 fully saturated rings. The number of rotatable bonds is 7. The van der Waals surface area contributed by atoms with Crippen LogP contribution in [0.1, 0.15) is 62.5 Å². The minimum absolute atomic E-state index is 0.00962. The van der Waals surface area contributed by atoms with Gasteiger partial charge in [0.25, 0.3) is 0 Å². The first-order valence-corrected chi connectivity index (χ1v) is 14.8. The highest BCUT2D eigenvalue weighted by Crippen LogP contribution is 2.37. The molecule has 16 heteroatoms. The van der Waals surface area contributed by atoms with E-state index >= 15 is 0 Å². The molecule has 5 rings (SSSR count). The van der Waals surface area contributed by atoms with Crippen LogP contribution in [0.5, 0.6) is 5.75 Å². The third-order valence-electron chi connectivity index (χ3n) is 6.89. The van der Waals surface area contributed by atoms with E-state index in [0.717, 1.165) is 43.9 Å². The number of amides is 4. The van der Waals surface area contributed by atoms with Gasteiger partial charge in [0, 0.05) is 24.0 Å². The third kappa shape index (κ3) is 8.67. The number of carboxylic acid groups (broad SMARTS) is 1. The number of aromatic nitrogens is 1. The number of anilines is 2. The second-order valence-corrected chi connectivity index (χ2v) is 11.1. The van der Waals surface area contributed by atoms with E-state index in [1.807, 2.05) is 0 Å². The van der Waals surface area contributed by atoms with Gasteiger partial charge in [-0.25, -0.2) is 37.9 Å². The van der Waals surface area contributed by atoms with Gasteiger partial charge in [0.1, 0.15) is 28.9 Å². The maximum absolute atomic E-state index is 14.3. The smallest absolute Gasteiger partial charge is 0.427 e. The number of nitrogens with zero attached hydrogens (tertiary/aromatic N) is 3. The Balaban J connectivity index is 0.000000217. The maximum atomic E-state index is 14.3. The summed E-state index contributed by atoms with van der Waals surface area (Å²) in [5.74, 6) is -4.20. The van der Waals surface area contributed by atoms with Crippen molar-refractivity contribution in [1.29, 1.82) is 0 Å². The van der Waals surface area contributed by atoms with Gasteiger partial charge in [-0.3, -0.25) is 9.78 Å². The lowest BCUT2D eigenvalue weighted by Gasteiger charge is -2.18. The number of pyridine rings is 1. The van der Waals surface area contributed by atoms with Crippen molar-refractivity contribution < 1.29 is 46.9 Å². The van der Waals surface area contributed by atoms with Crippen LogP contribution in [-0.2, 0) is 9.53 Å². The van der Waals surface area contributed by atoms with Crippen LogP contribution in [0.2, 0.25) is 5.02 Å². The van der Waals surface area contributed by atoms with E-state index in [-0.39, 0.29) is 51.0 Å². The average Bonchev–Trinajstić information content (AvgIpc) is 3.64. The lowest BCUT2D eigenvalue weighted by atomic mass is 10.1. The standard InChI is InChI=1S/C17H17ClFNO4.C15H12F2N4O3/c1-9(2)15-16(21)20(17(22)24-15)13-8-14(11(18)7-12(13)19)23-10-5-3-4-6-10;1-8(13-12(14(22)23)3-2-4-18-13)20-21-15(24)19-11-6-9(16)5-10(17)7-11/h7-8,10H,3-6H2,1-2H3;2-7H,1H3,(H,22,23)(H2,19,21,24)/b;20-8+. The molecule has 1 aliphatic carbocycles. The zero-order valence-corrected chi connectivity index (χ0v) is 26.5. The summed E-state index contributed by atoms with van der Waals surface area (Å²) in [6.07, 6.45) is 4.38. The molecular weight excluding hydrogens is 659 g/mol. The molecule has 0 spiro atoms. The van der Waals surface area contributed by atoms with Crippen molar-refractivity contribution in [3.63, 3.8) is 0 Å². The Bertz CT molecular complexity index is 1810. The lowest BCUT2D eigenvalue weighted by molar-refractivity contribution is -0.114. The number of nitrogens with one attached hydrogen (secondary N) is 2. The molecule has 1 aliphatic heterocycles. The van der Waals surface area contributed by atoms with Gasteiger partial charge in [-0.2, -0.15) is 5.10 Å². The molecule has 12 nitrogen and oxygen atoms in total. The fourth-order valence-electron chi connectivity index (χ4n) is 4.69. The summed E-state index contributed by atoms with van der Waals surface area (Å²) in [5.41, 5.74) is 2.47. The van der Waals surface area contributed by atoms with Crippen LogP contribution >= 0.6 is 11.6 Å². The highest BCUT2D eigenvalue weighted by molar-refractivity contribution is 6.32. The van der Waals surface area contributed by atoms with Crippen LogP contribution in [0.3, 0.4) is 0 Å². The Labute approximate surface area is 277 Å². The Kier molecular flexibility index (Phi) is 11.4. The predicted molar refractivity (Wildman–Crippen MR) is 169 cm³/mol. The first-order valence-electron chi connectivity index (χ1n) is 14.4. The van der Waals surface area contributed by atoms with E-state index in [4.69, 9.17) is 26.2 Å². The van der Waals surface area contributed by atoms with Gasteiger partial charge in [0.2, 0.25) is 0 Å². The van der Waals surface area contributed by atoms with Crippen LogP contribution in [0.15, 0.2) is 65.1 Å². The monoisotopic (exact) mass is 687 g/mol. The highest BCUT2D eigenvalue weighted by atomic mass is 35.5. The summed E-state index contributed by atoms with van der Waals surface area (Å²) in [6.45, 7) is 4.73. The number of allylic oxidation sites excluding steroid dienone is 1. The quantitative estimate of drug-likeness (QED) is 0.134. The molecule has 1 saturated carbocycles. The van der Waals surface area contributed by atoms with Crippen molar-refractivity contribution in [2.75, 3.05) is 10.2 Å². The van der Waals surface area contributed by atoms with E-state index in [9.17, 15) is 32.3 Å². The van der Waals surface area contributed by atoms with Crippen molar-refractivity contribution in [2.45, 2.75) is 52.6 Å². The van der Waals surface area contributed by atoms with Crippen LogP contribution in [0.4, 0.5) is 34.1 Å². The largest absolute Gasteiger partial charge is 0.489 e. The minimum atomic E-state index is -1.19. The number of cyclic esters (lactones) is 1. The summed E-state index contributed by atoms with van der Waals surface area (Å²) in [4.78, 5) is 51.7. The van der Waals surface area contributed by atoms with Gasteiger partial charge in [0.05, 0.1) is 28.1 Å². The van der Waals surface area contributed by atoms with Gasteiger partial charge in [-0.1, -0.05) is 11.6 Å². The number of hydrogen-bond acceptors (Lipinski definition) is 8. The maximum Gasteiger partial charge on any atom is 0.427 e. The van der Waals surface area contributed by atoms with E-state index in [2.05, 4.69) is 20.8 Å². The molecule has 0 unspecified atom stereocenters. The van der Waals surface area contributed by atoms with Crippen molar-refractivity contribution in [3.8, 4) is 5.75 Å². The van der Waals surface area contributed by atoms with E-state index in [0.29, 0.717) is 16.5 Å². The summed E-state index contributed by atoms with van der Waals surface area (Å²) in [7, 11) is 0. The molecule has 0 radical (unpaired) electrons. The van der Waals surface area contributed by atoms with Gasteiger partial charge in [-0.15, -0.1) is 0 Å². The normalized spacial score (nSPS) is 14.7. The Hall–Kier alpha value is -5.44. The van der Waals surface area contributed by atoms with Crippen LogP contribution in [-0.4, -0.2) is 45.9 Å². The van der Waals surface area contributed by atoms with E-state index in [1.54, 1.807) is 13.8 Å². The van der Waals surface area contributed by atoms with E-state index < -0.39 is 41.5 Å². The summed E-state index contributed by atoms with van der Waals surface area (Å²) >= 11 is 6.04. The fourth-order valence-corrected chi connectivity index (χ4v) is 4.88. The first kappa shape index (κ1) is 35.4. The molecule has 252 valence electrons. The second kappa shape index (κ2) is 15.4. The molecule has 3 aromatic rings. The zero-order chi connectivity index (χ0) is 35.1. The Morgan fingerprint density at radius 1 is 1.06 bits per heavy atom. The Morgan fingerprint density at radius 2 is 1.73 bits per heavy atom. The van der Waals surface area contributed by atoms with E-state index in [1.165, 1.54) is 31.3 Å². The summed E-state index contributed by atoms with van der Waals surface area (Å²) < 4.78 is 51.1. The highest BCUT2D eigenvalue weighted by Gasteiger charge is 2.40. The van der Waals surface area contributed by atoms with Crippen molar-refractivity contribution in [1.82, 2.24) is 10.4 Å². The topological polar surface area (TPSA) is 160 Å². The zero-order valence-electron chi connectivity index (χ0n) is 25.8. The fraction of sp³-hybridized carbons (Fsp3) is 0.250. The molecule has 2 aromatic carbocycles. The number of hydrogen-bond donors (Lipinski definition) is 3. The molecule has 0 bridgehead atoms. The number of carbonyl (C=O) groups excluding carboxylic acids is 3. The molecule has 1 aromatic heterocycles. The molecule has 4 amide bonds. The second-order valence-electron chi connectivity index (χ2n) is 10.7. The SMILES string of the molecule is C/C(=N\NC(=O)Nc1cc(F)cc(F)c1)c1ncccc1C(=O)O.CC(C)=C1OC(=O)N(c2cc(OC3CCCC3)c(Cl)cc2F)C1=O. The number of aromatic carboxylic acids is 1. The molecule has 2 heterocycles. The number of urea groups is 1. The molecule has 2 aliphatic rings. The summed E-state index contributed by atoms with van der Waals surface area (Å²) in [6, 6.07) is 6.80. The number of carbonyl (C=O) groups is 4. The molecular formula is C32H29ClF3N5O7. The number of carboxylic acids is 1. The molecule has 3 N–H and O–H groups in total. The molecule has 0 atom stereocenters. The van der Waals surface area contributed by atoms with Gasteiger partial charge in [0.15, 0.2) is 5.76 Å².